The Morgan fingerprint density at radius 3 is 2.62 bits per heavy atom. The van der Waals surface area contributed by atoms with Crippen molar-refractivity contribution < 1.29 is 4.39 Å². The standard InChI is InChI=1S/C13H21FN2/c1-4-11(8-15)9-16(3)12-5-6-13(14)10(2)7-12/h5-7,11H,4,8-9,15H2,1-3H3. The Labute approximate surface area is 97.3 Å². The van der Waals surface area contributed by atoms with E-state index in [-0.39, 0.29) is 5.82 Å². The zero-order valence-electron chi connectivity index (χ0n) is 10.3. The zero-order chi connectivity index (χ0) is 12.1. The maximum absolute atomic E-state index is 13.1. The van der Waals surface area contributed by atoms with Gasteiger partial charge in [0.2, 0.25) is 0 Å². The van der Waals surface area contributed by atoms with Gasteiger partial charge in [-0.3, -0.25) is 0 Å². The SMILES string of the molecule is CCC(CN)CN(C)c1ccc(F)c(C)c1. The Balaban J connectivity index is 2.72. The lowest BCUT2D eigenvalue weighted by molar-refractivity contribution is 0.520. The lowest BCUT2D eigenvalue weighted by atomic mass is 10.1. The smallest absolute Gasteiger partial charge is 0.126 e. The van der Waals surface area contributed by atoms with Crippen LogP contribution in [-0.2, 0) is 0 Å². The monoisotopic (exact) mass is 224 g/mol. The van der Waals surface area contributed by atoms with Crippen molar-refractivity contribution in [1.29, 1.82) is 0 Å². The number of hydrogen-bond donors (Lipinski definition) is 1. The average molecular weight is 224 g/mol. The van der Waals surface area contributed by atoms with E-state index in [0.717, 1.165) is 18.7 Å². The first-order valence-corrected chi connectivity index (χ1v) is 5.75. The summed E-state index contributed by atoms with van der Waals surface area (Å²) in [4.78, 5) is 2.13. The first kappa shape index (κ1) is 13.0. The van der Waals surface area contributed by atoms with Crippen LogP contribution in [0, 0.1) is 18.7 Å². The highest BCUT2D eigenvalue weighted by molar-refractivity contribution is 5.48. The summed E-state index contributed by atoms with van der Waals surface area (Å²) in [6.07, 6.45) is 1.07. The summed E-state index contributed by atoms with van der Waals surface area (Å²) in [5, 5.41) is 0. The van der Waals surface area contributed by atoms with E-state index >= 15 is 0 Å². The molecule has 2 nitrogen and oxygen atoms in total. The van der Waals surface area contributed by atoms with Crippen molar-refractivity contribution in [3.05, 3.63) is 29.6 Å². The summed E-state index contributed by atoms with van der Waals surface area (Å²) >= 11 is 0. The predicted molar refractivity (Wildman–Crippen MR) is 67.2 cm³/mol. The topological polar surface area (TPSA) is 29.3 Å². The van der Waals surface area contributed by atoms with Crippen LogP contribution in [-0.4, -0.2) is 20.1 Å². The Bertz CT molecular complexity index is 335. The van der Waals surface area contributed by atoms with E-state index in [0.29, 0.717) is 18.0 Å². The minimum atomic E-state index is -0.150. The van der Waals surface area contributed by atoms with E-state index in [4.69, 9.17) is 5.73 Å². The first-order chi connectivity index (χ1) is 7.58. The Hall–Kier alpha value is -1.09. The molecule has 0 spiro atoms. The Morgan fingerprint density at radius 2 is 2.12 bits per heavy atom. The lowest BCUT2D eigenvalue weighted by Gasteiger charge is -2.24. The Morgan fingerprint density at radius 1 is 1.44 bits per heavy atom. The fraction of sp³-hybridized carbons (Fsp3) is 0.538. The van der Waals surface area contributed by atoms with E-state index < -0.39 is 0 Å². The summed E-state index contributed by atoms with van der Waals surface area (Å²) < 4.78 is 13.1. The van der Waals surface area contributed by atoms with Crippen molar-refractivity contribution in [2.24, 2.45) is 11.7 Å². The van der Waals surface area contributed by atoms with Gasteiger partial charge in [0.1, 0.15) is 5.82 Å². The third-order valence-corrected chi connectivity index (χ3v) is 3.03. The molecule has 0 aliphatic heterocycles. The molecule has 0 amide bonds. The maximum atomic E-state index is 13.1. The Kier molecular flexibility index (Phi) is 4.74. The van der Waals surface area contributed by atoms with Crippen LogP contribution >= 0.6 is 0 Å². The van der Waals surface area contributed by atoms with Gasteiger partial charge in [-0.15, -0.1) is 0 Å². The van der Waals surface area contributed by atoms with E-state index in [1.807, 2.05) is 19.2 Å². The van der Waals surface area contributed by atoms with E-state index in [1.54, 1.807) is 6.92 Å². The van der Waals surface area contributed by atoms with Gasteiger partial charge in [0.15, 0.2) is 0 Å². The van der Waals surface area contributed by atoms with Crippen molar-refractivity contribution in [3.63, 3.8) is 0 Å². The zero-order valence-corrected chi connectivity index (χ0v) is 10.3. The summed E-state index contributed by atoms with van der Waals surface area (Å²) in [5.41, 5.74) is 7.41. The molecule has 0 heterocycles. The van der Waals surface area contributed by atoms with Gasteiger partial charge in [-0.1, -0.05) is 13.3 Å². The highest BCUT2D eigenvalue weighted by Gasteiger charge is 2.09. The van der Waals surface area contributed by atoms with Crippen molar-refractivity contribution in [2.75, 3.05) is 25.0 Å². The van der Waals surface area contributed by atoms with Crippen LogP contribution in [0.2, 0.25) is 0 Å². The molecule has 1 unspecified atom stereocenters. The first-order valence-electron chi connectivity index (χ1n) is 5.75. The molecule has 1 atom stereocenters. The molecule has 0 radical (unpaired) electrons. The predicted octanol–water partition coefficient (Wildman–Crippen LogP) is 2.56. The number of hydrogen-bond acceptors (Lipinski definition) is 2. The van der Waals surface area contributed by atoms with Gasteiger partial charge in [0.25, 0.3) is 0 Å². The molecule has 2 N–H and O–H groups in total. The molecule has 3 heteroatoms. The third-order valence-electron chi connectivity index (χ3n) is 3.03. The normalized spacial score (nSPS) is 12.6. The van der Waals surface area contributed by atoms with Gasteiger partial charge in [-0.25, -0.2) is 4.39 Å². The minimum absolute atomic E-state index is 0.150. The van der Waals surface area contributed by atoms with Crippen LogP contribution in [0.1, 0.15) is 18.9 Å². The van der Waals surface area contributed by atoms with Crippen molar-refractivity contribution in [1.82, 2.24) is 0 Å². The van der Waals surface area contributed by atoms with E-state index in [9.17, 15) is 4.39 Å². The van der Waals surface area contributed by atoms with Gasteiger partial charge in [-0.05, 0) is 43.1 Å². The second-order valence-electron chi connectivity index (χ2n) is 4.32. The molecular weight excluding hydrogens is 203 g/mol. The summed E-state index contributed by atoms with van der Waals surface area (Å²) in [6, 6.07) is 5.20. The van der Waals surface area contributed by atoms with Crippen molar-refractivity contribution in [2.45, 2.75) is 20.3 Å². The molecule has 1 aromatic carbocycles. The van der Waals surface area contributed by atoms with Crippen LogP contribution in [0.25, 0.3) is 0 Å². The van der Waals surface area contributed by atoms with Crippen molar-refractivity contribution in [3.8, 4) is 0 Å². The maximum Gasteiger partial charge on any atom is 0.126 e. The molecule has 0 aromatic heterocycles. The lowest BCUT2D eigenvalue weighted by Crippen LogP contribution is -2.29. The van der Waals surface area contributed by atoms with Gasteiger partial charge >= 0.3 is 0 Å². The van der Waals surface area contributed by atoms with Crippen LogP contribution < -0.4 is 10.6 Å². The summed E-state index contributed by atoms with van der Waals surface area (Å²) in [7, 11) is 2.02. The molecule has 0 aliphatic rings. The van der Waals surface area contributed by atoms with Crippen LogP contribution in [0.5, 0.6) is 0 Å². The second kappa shape index (κ2) is 5.85. The van der Waals surface area contributed by atoms with Gasteiger partial charge < -0.3 is 10.6 Å². The number of halogens is 1. The molecular formula is C13H21FN2. The summed E-state index contributed by atoms with van der Waals surface area (Å²) in [5.74, 6) is 0.346. The van der Waals surface area contributed by atoms with Crippen molar-refractivity contribution >= 4 is 5.69 Å². The molecule has 0 saturated carbocycles. The highest BCUT2D eigenvalue weighted by atomic mass is 19.1. The molecule has 1 rings (SSSR count). The third kappa shape index (κ3) is 3.20. The number of rotatable bonds is 5. The molecule has 16 heavy (non-hydrogen) atoms. The number of anilines is 1. The fourth-order valence-electron chi connectivity index (χ4n) is 1.73. The molecule has 0 aliphatic carbocycles. The van der Waals surface area contributed by atoms with Gasteiger partial charge in [-0.2, -0.15) is 0 Å². The number of nitrogens with two attached hydrogens (primary N) is 1. The molecule has 90 valence electrons. The number of benzene rings is 1. The summed E-state index contributed by atoms with van der Waals surface area (Å²) in [6.45, 7) is 5.53. The van der Waals surface area contributed by atoms with Gasteiger partial charge in [0, 0.05) is 19.3 Å². The van der Waals surface area contributed by atoms with E-state index in [1.165, 1.54) is 6.07 Å². The minimum Gasteiger partial charge on any atom is -0.374 e. The van der Waals surface area contributed by atoms with E-state index in [2.05, 4.69) is 11.8 Å². The quantitative estimate of drug-likeness (QED) is 0.833. The number of aryl methyl sites for hydroxylation is 1. The fourth-order valence-corrected chi connectivity index (χ4v) is 1.73. The highest BCUT2D eigenvalue weighted by Crippen LogP contribution is 2.18. The van der Waals surface area contributed by atoms with Gasteiger partial charge in [0.05, 0.1) is 0 Å². The van der Waals surface area contributed by atoms with Crippen LogP contribution in [0.15, 0.2) is 18.2 Å². The van der Waals surface area contributed by atoms with Crippen LogP contribution in [0.3, 0.4) is 0 Å². The largest absolute Gasteiger partial charge is 0.374 e. The molecule has 0 bridgehead atoms. The average Bonchev–Trinajstić information content (AvgIpc) is 2.29. The molecule has 1 aromatic rings. The number of nitrogens with zero attached hydrogens (tertiary/aromatic N) is 1. The molecule has 0 fully saturated rings. The molecule has 0 saturated heterocycles. The van der Waals surface area contributed by atoms with Crippen LogP contribution in [0.4, 0.5) is 10.1 Å². The second-order valence-corrected chi connectivity index (χ2v) is 4.32.